The normalized spacial score (nSPS) is 41.9. The molecule has 1 heterocycles. The van der Waals surface area contributed by atoms with Crippen molar-refractivity contribution in [3.8, 4) is 0 Å². The second-order valence-corrected chi connectivity index (χ2v) is 18.2. The lowest BCUT2D eigenvalue weighted by molar-refractivity contribution is -0.249. The minimum absolute atomic E-state index is 0.0596. The molecular formula is C41H63N3O3. The van der Waals surface area contributed by atoms with Crippen LogP contribution in [0.1, 0.15) is 124 Å². The van der Waals surface area contributed by atoms with E-state index in [9.17, 15) is 9.59 Å². The second-order valence-electron chi connectivity index (χ2n) is 18.2. The van der Waals surface area contributed by atoms with Crippen LogP contribution in [0, 0.1) is 56.7 Å². The van der Waals surface area contributed by atoms with Crippen LogP contribution in [0.4, 0.5) is 0 Å². The zero-order valence-electron chi connectivity index (χ0n) is 30.3. The Morgan fingerprint density at radius 2 is 1.70 bits per heavy atom. The SMILES string of the molecule is C=C(CNCCc1ccccn1)[C@@H]1CC[C@]2(C)CC[C@]3(C)[C@H](CC[C@@H]4[C@@]5(C)CC[C@H](OC(=O)CCC(N)=O)C(C)(C)[C@@H]5CC[C@]43C)[C@@H]12. The van der Waals surface area contributed by atoms with E-state index in [4.69, 9.17) is 17.0 Å². The fraction of sp³-hybridized carbons (Fsp3) is 0.780. The van der Waals surface area contributed by atoms with Gasteiger partial charge in [0.2, 0.25) is 5.91 Å². The first kappa shape index (κ1) is 34.6. The van der Waals surface area contributed by atoms with Gasteiger partial charge in [-0.3, -0.25) is 14.6 Å². The molecule has 260 valence electrons. The van der Waals surface area contributed by atoms with Crippen LogP contribution in [0.15, 0.2) is 36.5 Å². The Morgan fingerprint density at radius 1 is 0.915 bits per heavy atom. The topological polar surface area (TPSA) is 94.3 Å². The number of esters is 1. The average Bonchev–Trinajstić information content (AvgIpc) is 3.38. The molecule has 0 unspecified atom stereocenters. The molecule has 3 N–H and O–H groups in total. The van der Waals surface area contributed by atoms with Crippen molar-refractivity contribution in [1.82, 2.24) is 10.3 Å². The minimum atomic E-state index is -0.447. The summed E-state index contributed by atoms with van der Waals surface area (Å²) in [5, 5.41) is 3.73. The summed E-state index contributed by atoms with van der Waals surface area (Å²) >= 11 is 0. The maximum absolute atomic E-state index is 12.7. The number of hydrogen-bond acceptors (Lipinski definition) is 5. The number of carbonyl (C=O) groups is 2. The zero-order chi connectivity index (χ0) is 33.8. The fourth-order valence-corrected chi connectivity index (χ4v) is 13.2. The van der Waals surface area contributed by atoms with E-state index < -0.39 is 5.91 Å². The van der Waals surface area contributed by atoms with Gasteiger partial charge in [0.05, 0.1) is 6.42 Å². The van der Waals surface area contributed by atoms with Gasteiger partial charge in [0.15, 0.2) is 0 Å². The monoisotopic (exact) mass is 645 g/mol. The molecule has 0 saturated heterocycles. The molecule has 0 spiro atoms. The fourth-order valence-electron chi connectivity index (χ4n) is 13.2. The second kappa shape index (κ2) is 12.6. The lowest BCUT2D eigenvalue weighted by atomic mass is 9.32. The van der Waals surface area contributed by atoms with E-state index in [1.165, 1.54) is 56.9 Å². The number of rotatable bonds is 10. The Bertz CT molecular complexity index is 1340. The minimum Gasteiger partial charge on any atom is -0.462 e. The Labute approximate surface area is 284 Å². The maximum Gasteiger partial charge on any atom is 0.306 e. The van der Waals surface area contributed by atoms with Gasteiger partial charge in [0, 0.05) is 43.2 Å². The standard InChI is InChI=1S/C41H63N3O3/c1-27(26-43-25-18-28-10-8-9-24-44-28)29-15-19-38(4)22-23-40(6)30(36(29)38)11-12-32-39(5)20-17-33(47-35(46)14-13-34(42)45)37(2,3)31(39)16-21-41(32,40)7/h8-10,24,29-33,36,43H,1,11-23,25-26H2,2-7H3,(H2,42,45)/t29-,30+,31-,32+,33-,36+,38+,39-,40+,41+/m0/s1. The molecule has 6 nitrogen and oxygen atoms in total. The zero-order valence-corrected chi connectivity index (χ0v) is 30.3. The van der Waals surface area contributed by atoms with Gasteiger partial charge in [0.1, 0.15) is 6.10 Å². The quantitative estimate of drug-likeness (QED) is 0.153. The first-order chi connectivity index (χ1) is 22.2. The van der Waals surface area contributed by atoms with Gasteiger partial charge < -0.3 is 15.8 Å². The highest BCUT2D eigenvalue weighted by Crippen LogP contribution is 2.77. The largest absolute Gasteiger partial charge is 0.462 e. The van der Waals surface area contributed by atoms with Gasteiger partial charge >= 0.3 is 5.97 Å². The van der Waals surface area contributed by atoms with E-state index in [0.29, 0.717) is 34.0 Å². The molecule has 0 aromatic carbocycles. The van der Waals surface area contributed by atoms with Crippen molar-refractivity contribution in [2.24, 2.45) is 62.4 Å². The van der Waals surface area contributed by atoms with Crippen molar-refractivity contribution in [2.75, 3.05) is 13.1 Å². The molecule has 5 fully saturated rings. The summed E-state index contributed by atoms with van der Waals surface area (Å²) in [5.74, 6) is 2.55. The molecule has 47 heavy (non-hydrogen) atoms. The van der Waals surface area contributed by atoms with Gasteiger partial charge in [-0.2, -0.15) is 0 Å². The third-order valence-electron chi connectivity index (χ3n) is 15.8. The molecule has 6 rings (SSSR count). The third kappa shape index (κ3) is 5.80. The van der Waals surface area contributed by atoms with Crippen molar-refractivity contribution in [3.05, 3.63) is 42.2 Å². The number of nitrogens with one attached hydrogen (secondary N) is 1. The van der Waals surface area contributed by atoms with Crippen LogP contribution >= 0.6 is 0 Å². The molecule has 6 heteroatoms. The van der Waals surface area contributed by atoms with Crippen molar-refractivity contribution in [1.29, 1.82) is 0 Å². The first-order valence-electron chi connectivity index (χ1n) is 18.9. The highest BCUT2D eigenvalue weighted by molar-refractivity contribution is 5.80. The molecule has 1 aromatic heterocycles. The van der Waals surface area contributed by atoms with Gasteiger partial charge in [-0.25, -0.2) is 0 Å². The van der Waals surface area contributed by atoms with Crippen LogP contribution < -0.4 is 11.1 Å². The van der Waals surface area contributed by atoms with Crippen molar-refractivity contribution in [3.63, 3.8) is 0 Å². The first-order valence-corrected chi connectivity index (χ1v) is 18.9. The number of nitrogens with zero attached hydrogens (tertiary/aromatic N) is 1. The van der Waals surface area contributed by atoms with E-state index in [0.717, 1.165) is 49.9 Å². The predicted octanol–water partition coefficient (Wildman–Crippen LogP) is 8.05. The van der Waals surface area contributed by atoms with E-state index in [-0.39, 0.29) is 35.7 Å². The van der Waals surface area contributed by atoms with E-state index in [1.54, 1.807) is 0 Å². The molecule has 0 bridgehead atoms. The Hall–Kier alpha value is -2.21. The molecular weight excluding hydrogens is 582 g/mol. The number of nitrogens with two attached hydrogens (primary N) is 1. The van der Waals surface area contributed by atoms with Crippen LogP contribution in [-0.2, 0) is 20.7 Å². The summed E-state index contributed by atoms with van der Waals surface area (Å²) < 4.78 is 6.10. The van der Waals surface area contributed by atoms with E-state index in [1.807, 2.05) is 12.3 Å². The molecule has 1 amide bonds. The Morgan fingerprint density at radius 3 is 2.43 bits per heavy atom. The van der Waals surface area contributed by atoms with Gasteiger partial charge in [-0.05, 0) is 128 Å². The number of hydrogen-bond donors (Lipinski definition) is 2. The van der Waals surface area contributed by atoms with E-state index in [2.05, 4.69) is 64.0 Å². The molecule has 5 aliphatic carbocycles. The van der Waals surface area contributed by atoms with Crippen molar-refractivity contribution >= 4 is 11.9 Å². The summed E-state index contributed by atoms with van der Waals surface area (Å²) in [6.45, 7) is 22.0. The van der Waals surface area contributed by atoms with E-state index >= 15 is 0 Å². The number of amides is 1. The number of fused-ring (bicyclic) bond motifs is 7. The lowest BCUT2D eigenvalue weighted by Crippen LogP contribution is -2.66. The van der Waals surface area contributed by atoms with Crippen LogP contribution in [0.25, 0.3) is 0 Å². The van der Waals surface area contributed by atoms with Gasteiger partial charge in [0.25, 0.3) is 0 Å². The summed E-state index contributed by atoms with van der Waals surface area (Å²) in [7, 11) is 0. The Kier molecular flexibility index (Phi) is 9.28. The van der Waals surface area contributed by atoms with Crippen molar-refractivity contribution < 1.29 is 14.3 Å². The van der Waals surface area contributed by atoms with Crippen LogP contribution in [0.3, 0.4) is 0 Å². The third-order valence-corrected chi connectivity index (χ3v) is 15.8. The number of aromatic nitrogens is 1. The maximum atomic E-state index is 12.7. The number of ether oxygens (including phenoxy) is 1. The summed E-state index contributed by atoms with van der Waals surface area (Å²) in [5.41, 5.74) is 9.07. The van der Waals surface area contributed by atoms with Gasteiger partial charge in [-0.15, -0.1) is 0 Å². The molecule has 0 aliphatic heterocycles. The molecule has 1 aromatic rings. The predicted molar refractivity (Wildman–Crippen MR) is 188 cm³/mol. The highest BCUT2D eigenvalue weighted by Gasteiger charge is 2.70. The highest BCUT2D eigenvalue weighted by atomic mass is 16.5. The van der Waals surface area contributed by atoms with Crippen LogP contribution in [0.2, 0.25) is 0 Å². The molecule has 5 aliphatic rings. The number of pyridine rings is 1. The molecule has 5 saturated carbocycles. The van der Waals surface area contributed by atoms with Gasteiger partial charge in [-0.1, -0.05) is 59.8 Å². The van der Waals surface area contributed by atoms with Crippen LogP contribution in [0.5, 0.6) is 0 Å². The summed E-state index contributed by atoms with van der Waals surface area (Å²) in [6.07, 6.45) is 15.3. The molecule has 10 atom stereocenters. The lowest BCUT2D eigenvalue weighted by Gasteiger charge is -2.73. The van der Waals surface area contributed by atoms with Crippen molar-refractivity contribution in [2.45, 2.75) is 131 Å². The summed E-state index contributed by atoms with van der Waals surface area (Å²) in [6, 6.07) is 6.17. The number of primary amides is 1. The molecule has 0 radical (unpaired) electrons. The average molecular weight is 646 g/mol. The summed E-state index contributed by atoms with van der Waals surface area (Å²) in [4.78, 5) is 28.5. The van der Waals surface area contributed by atoms with Crippen LogP contribution in [-0.4, -0.2) is 36.1 Å². The Balaban J connectivity index is 1.17. The number of carbonyl (C=O) groups excluding carboxylic acids is 2. The smallest absolute Gasteiger partial charge is 0.306 e.